The third-order valence-corrected chi connectivity index (χ3v) is 16.4. The molecule has 13 rings (SSSR count). The maximum atomic E-state index is 6.78. The van der Waals surface area contributed by atoms with Gasteiger partial charge >= 0.3 is 0 Å². The average molecular weight is 907 g/mol. The molecule has 0 N–H and O–H groups in total. The molecule has 0 spiro atoms. The normalized spacial score (nSPS) is 14.8. The van der Waals surface area contributed by atoms with E-state index >= 15 is 0 Å². The van der Waals surface area contributed by atoms with Crippen LogP contribution in [-0.4, -0.2) is 0 Å². The Bertz CT molecular complexity index is 3870. The molecular formula is C68H58O2. The Labute approximate surface area is 411 Å². The molecule has 0 fully saturated rings. The summed E-state index contributed by atoms with van der Waals surface area (Å²) in [6.07, 6.45) is 3.11. The molecule has 342 valence electrons. The molecule has 2 aliphatic rings. The average Bonchev–Trinajstić information content (AvgIpc) is 4.08. The van der Waals surface area contributed by atoms with Crippen molar-refractivity contribution in [3.63, 3.8) is 0 Å². The van der Waals surface area contributed by atoms with Crippen LogP contribution in [0.5, 0.6) is 0 Å². The number of fused-ring (bicyclic) bond motifs is 14. The highest BCUT2D eigenvalue weighted by Crippen LogP contribution is 2.57. The minimum atomic E-state index is -0.220. The summed E-state index contributed by atoms with van der Waals surface area (Å²) in [5, 5.41) is 4.81. The van der Waals surface area contributed by atoms with E-state index in [2.05, 4.69) is 230 Å². The highest BCUT2D eigenvalue weighted by atomic mass is 16.3. The Balaban J connectivity index is 0.875. The number of furan rings is 2. The lowest BCUT2D eigenvalue weighted by Crippen LogP contribution is -2.16. The summed E-state index contributed by atoms with van der Waals surface area (Å²) in [5.74, 6) is 0.239. The van der Waals surface area contributed by atoms with Gasteiger partial charge in [-0.25, -0.2) is 0 Å². The lowest BCUT2D eigenvalue weighted by molar-refractivity contribution is 0.589. The zero-order valence-electron chi connectivity index (χ0n) is 41.3. The number of para-hydroxylation sites is 2. The molecule has 1 atom stereocenters. The number of rotatable bonds is 8. The van der Waals surface area contributed by atoms with Gasteiger partial charge in [-0.05, 0) is 127 Å². The Morgan fingerprint density at radius 3 is 1.44 bits per heavy atom. The van der Waals surface area contributed by atoms with Crippen LogP contribution in [0.1, 0.15) is 112 Å². The predicted molar refractivity (Wildman–Crippen MR) is 293 cm³/mol. The summed E-state index contributed by atoms with van der Waals surface area (Å²) in [4.78, 5) is 0. The third kappa shape index (κ3) is 6.45. The van der Waals surface area contributed by atoms with E-state index in [1.165, 1.54) is 99.4 Å². The quantitative estimate of drug-likeness (QED) is 0.152. The standard InChI is InChI=1S/C68H58O2/c1-66(2,3)46-33-30-44(31-34-46)47(45-32-36-49-55(38-45)68(6,7)57-40-53(43-22-12-9-13-23-43)65-63(61(49)57)51-25-15-17-28-59(51)70-65)26-18-19-41-29-35-48-54(37-41)67(4,5)56-39-52(42-20-10-8-11-21-42)64-62(60(48)56)50-24-14-16-27-58(50)69-64/h8-17,20-25,27-40,47H,18-19,26H2,1-7H3. The first-order chi connectivity index (χ1) is 33.9. The summed E-state index contributed by atoms with van der Waals surface area (Å²) in [7, 11) is 0. The number of aryl methyl sites for hydroxylation is 1. The first-order valence-electron chi connectivity index (χ1n) is 25.3. The zero-order chi connectivity index (χ0) is 47.7. The lowest BCUT2D eigenvalue weighted by atomic mass is 9.78. The Hall–Kier alpha value is -7.42. The summed E-state index contributed by atoms with van der Waals surface area (Å²) in [6, 6.07) is 67.8. The van der Waals surface area contributed by atoms with Gasteiger partial charge in [0, 0.05) is 49.4 Å². The Morgan fingerprint density at radius 2 is 0.914 bits per heavy atom. The van der Waals surface area contributed by atoms with Gasteiger partial charge in [-0.3, -0.25) is 0 Å². The van der Waals surface area contributed by atoms with Crippen molar-refractivity contribution in [1.29, 1.82) is 0 Å². The molecule has 2 heterocycles. The molecule has 0 saturated heterocycles. The van der Waals surface area contributed by atoms with Crippen LogP contribution in [0.25, 0.3) is 88.4 Å². The second-order valence-corrected chi connectivity index (χ2v) is 22.3. The largest absolute Gasteiger partial charge is 0.455 e. The van der Waals surface area contributed by atoms with E-state index in [0.717, 1.165) is 52.7 Å². The number of benzene rings is 9. The monoisotopic (exact) mass is 906 g/mol. The fourth-order valence-corrected chi connectivity index (χ4v) is 12.5. The molecule has 2 heteroatoms. The van der Waals surface area contributed by atoms with Gasteiger partial charge in [-0.1, -0.05) is 206 Å². The first kappa shape index (κ1) is 42.7. The van der Waals surface area contributed by atoms with Crippen LogP contribution in [0.4, 0.5) is 0 Å². The second kappa shape index (κ2) is 15.5. The van der Waals surface area contributed by atoms with E-state index in [4.69, 9.17) is 8.83 Å². The molecule has 2 aromatic heterocycles. The minimum absolute atomic E-state index is 0.0825. The van der Waals surface area contributed by atoms with E-state index in [1.807, 2.05) is 0 Å². The van der Waals surface area contributed by atoms with Crippen LogP contribution in [0, 0.1) is 0 Å². The summed E-state index contributed by atoms with van der Waals surface area (Å²) < 4.78 is 13.5. The maximum absolute atomic E-state index is 6.78. The molecular weight excluding hydrogens is 849 g/mol. The molecule has 1 unspecified atom stereocenters. The molecule has 70 heavy (non-hydrogen) atoms. The molecule has 0 bridgehead atoms. The van der Waals surface area contributed by atoms with Gasteiger partial charge in [-0.2, -0.15) is 0 Å². The van der Waals surface area contributed by atoms with Crippen LogP contribution in [0.15, 0.2) is 191 Å². The van der Waals surface area contributed by atoms with E-state index in [9.17, 15) is 0 Å². The van der Waals surface area contributed by atoms with Crippen LogP contribution in [-0.2, 0) is 22.7 Å². The predicted octanol–water partition coefficient (Wildman–Crippen LogP) is 18.9. The fourth-order valence-electron chi connectivity index (χ4n) is 12.5. The molecule has 0 radical (unpaired) electrons. The summed E-state index contributed by atoms with van der Waals surface area (Å²) in [5.41, 5.74) is 24.5. The van der Waals surface area contributed by atoms with Gasteiger partial charge in [-0.15, -0.1) is 0 Å². The van der Waals surface area contributed by atoms with Crippen LogP contribution < -0.4 is 0 Å². The lowest BCUT2D eigenvalue weighted by Gasteiger charge is -2.25. The Kier molecular flexibility index (Phi) is 9.47. The van der Waals surface area contributed by atoms with E-state index < -0.39 is 0 Å². The van der Waals surface area contributed by atoms with Crippen LogP contribution in [0.2, 0.25) is 0 Å². The van der Waals surface area contributed by atoms with E-state index in [1.54, 1.807) is 0 Å². The van der Waals surface area contributed by atoms with Crippen molar-refractivity contribution in [2.75, 3.05) is 0 Å². The van der Waals surface area contributed by atoms with Crippen LogP contribution >= 0.6 is 0 Å². The van der Waals surface area contributed by atoms with Gasteiger partial charge in [0.2, 0.25) is 0 Å². The van der Waals surface area contributed by atoms with Crippen molar-refractivity contribution in [2.24, 2.45) is 0 Å². The van der Waals surface area contributed by atoms with Crippen molar-refractivity contribution < 1.29 is 8.83 Å². The second-order valence-electron chi connectivity index (χ2n) is 22.3. The van der Waals surface area contributed by atoms with Gasteiger partial charge in [0.1, 0.15) is 22.3 Å². The minimum Gasteiger partial charge on any atom is -0.455 e. The van der Waals surface area contributed by atoms with Crippen molar-refractivity contribution in [1.82, 2.24) is 0 Å². The molecule has 9 aromatic carbocycles. The van der Waals surface area contributed by atoms with Gasteiger partial charge in [0.25, 0.3) is 0 Å². The highest BCUT2D eigenvalue weighted by molar-refractivity contribution is 6.20. The van der Waals surface area contributed by atoms with Crippen molar-refractivity contribution in [3.05, 3.63) is 226 Å². The zero-order valence-corrected chi connectivity index (χ0v) is 41.3. The molecule has 0 aliphatic heterocycles. The summed E-state index contributed by atoms with van der Waals surface area (Å²) in [6.45, 7) is 16.6. The topological polar surface area (TPSA) is 26.3 Å². The highest BCUT2D eigenvalue weighted by Gasteiger charge is 2.41. The first-order valence-corrected chi connectivity index (χ1v) is 25.3. The van der Waals surface area contributed by atoms with Gasteiger partial charge < -0.3 is 8.83 Å². The molecule has 0 saturated carbocycles. The van der Waals surface area contributed by atoms with E-state index in [-0.39, 0.29) is 22.2 Å². The fraction of sp³-hybridized carbons (Fsp3) is 0.206. The van der Waals surface area contributed by atoms with E-state index in [0.29, 0.717) is 0 Å². The molecule has 0 amide bonds. The van der Waals surface area contributed by atoms with Gasteiger partial charge in [0.15, 0.2) is 0 Å². The molecule has 11 aromatic rings. The SMILES string of the molecule is CC(C)(C)c1ccc(C(CCCc2ccc3c(c2)C(C)(C)c2cc(-c4ccccc4)c4oc5ccccc5c4c2-3)c2ccc3c(c2)C(C)(C)c2cc(-c4ccccc4)c4oc5ccccc5c4c2-3)cc1. The Morgan fingerprint density at radius 1 is 0.443 bits per heavy atom. The van der Waals surface area contributed by atoms with Crippen LogP contribution in [0.3, 0.4) is 0 Å². The molecule has 2 aliphatic carbocycles. The van der Waals surface area contributed by atoms with Crippen molar-refractivity contribution >= 4 is 43.9 Å². The third-order valence-electron chi connectivity index (χ3n) is 16.4. The number of hydrogen-bond acceptors (Lipinski definition) is 2. The maximum Gasteiger partial charge on any atom is 0.143 e. The smallest absolute Gasteiger partial charge is 0.143 e. The molecule has 2 nitrogen and oxygen atoms in total. The number of hydrogen-bond donors (Lipinski definition) is 0. The van der Waals surface area contributed by atoms with Crippen molar-refractivity contribution in [2.45, 2.75) is 89.9 Å². The summed E-state index contributed by atoms with van der Waals surface area (Å²) >= 11 is 0. The van der Waals surface area contributed by atoms with Gasteiger partial charge in [0.05, 0.1) is 0 Å². The van der Waals surface area contributed by atoms with Crippen molar-refractivity contribution in [3.8, 4) is 44.5 Å².